The standard InChI is InChI=1S/C17H16ClFN6O3/c1-3-28-16(27)14-7-13(22-24(14)2)15(26)21-17-20-9-25(23-17)8-10-4-5-11(19)6-12(10)18/h4-7,9H,3,8H2,1-2H3,(H,21,23,26). The van der Waals surface area contributed by atoms with Gasteiger partial charge in [0.05, 0.1) is 13.2 Å². The molecule has 3 aromatic rings. The van der Waals surface area contributed by atoms with E-state index in [1.54, 1.807) is 13.0 Å². The Labute approximate surface area is 164 Å². The number of amides is 1. The first-order valence-corrected chi connectivity index (χ1v) is 8.61. The third-order valence-electron chi connectivity index (χ3n) is 3.71. The molecule has 0 aliphatic rings. The molecule has 146 valence electrons. The second kappa shape index (κ2) is 8.17. The zero-order chi connectivity index (χ0) is 20.3. The third-order valence-corrected chi connectivity index (χ3v) is 4.06. The highest BCUT2D eigenvalue weighted by atomic mass is 35.5. The Balaban J connectivity index is 1.69. The predicted molar refractivity (Wildman–Crippen MR) is 97.7 cm³/mol. The van der Waals surface area contributed by atoms with E-state index in [1.165, 1.54) is 40.9 Å². The Bertz CT molecular complexity index is 1030. The molecule has 0 radical (unpaired) electrons. The largest absolute Gasteiger partial charge is 0.461 e. The van der Waals surface area contributed by atoms with Gasteiger partial charge < -0.3 is 4.74 Å². The third kappa shape index (κ3) is 4.34. The first-order valence-electron chi connectivity index (χ1n) is 8.23. The van der Waals surface area contributed by atoms with Crippen LogP contribution in [0.1, 0.15) is 33.5 Å². The van der Waals surface area contributed by atoms with Crippen molar-refractivity contribution >= 4 is 29.4 Å². The van der Waals surface area contributed by atoms with E-state index < -0.39 is 17.7 Å². The van der Waals surface area contributed by atoms with E-state index in [9.17, 15) is 14.0 Å². The smallest absolute Gasteiger partial charge is 0.356 e. The van der Waals surface area contributed by atoms with Gasteiger partial charge in [0.15, 0.2) is 5.69 Å². The summed E-state index contributed by atoms with van der Waals surface area (Å²) >= 11 is 6.00. The lowest BCUT2D eigenvalue weighted by atomic mass is 10.2. The zero-order valence-electron chi connectivity index (χ0n) is 15.0. The van der Waals surface area contributed by atoms with E-state index in [1.807, 2.05) is 0 Å². The van der Waals surface area contributed by atoms with Crippen LogP contribution in [-0.2, 0) is 18.3 Å². The van der Waals surface area contributed by atoms with Gasteiger partial charge in [0.1, 0.15) is 17.8 Å². The van der Waals surface area contributed by atoms with Crippen LogP contribution >= 0.6 is 11.6 Å². The SMILES string of the molecule is CCOC(=O)c1cc(C(=O)Nc2ncn(Cc3ccc(F)cc3Cl)n2)nn1C. The maximum absolute atomic E-state index is 13.1. The molecule has 0 atom stereocenters. The van der Waals surface area contributed by atoms with E-state index in [0.29, 0.717) is 5.56 Å². The van der Waals surface area contributed by atoms with Gasteiger partial charge in [-0.3, -0.25) is 14.8 Å². The van der Waals surface area contributed by atoms with Crippen molar-refractivity contribution < 1.29 is 18.7 Å². The number of ether oxygens (including phenoxy) is 1. The first-order chi connectivity index (χ1) is 13.4. The van der Waals surface area contributed by atoms with E-state index in [-0.39, 0.29) is 35.5 Å². The van der Waals surface area contributed by atoms with Gasteiger partial charge in [0.25, 0.3) is 5.91 Å². The second-order valence-corrected chi connectivity index (χ2v) is 6.12. The number of nitrogens with zero attached hydrogens (tertiary/aromatic N) is 5. The molecule has 2 heterocycles. The molecule has 3 rings (SSSR count). The number of anilines is 1. The Morgan fingerprint density at radius 1 is 1.29 bits per heavy atom. The van der Waals surface area contributed by atoms with Crippen LogP contribution in [0.15, 0.2) is 30.6 Å². The monoisotopic (exact) mass is 406 g/mol. The number of rotatable bonds is 6. The summed E-state index contributed by atoms with van der Waals surface area (Å²) in [5.41, 5.74) is 0.814. The van der Waals surface area contributed by atoms with Gasteiger partial charge in [-0.05, 0) is 24.6 Å². The molecule has 0 saturated heterocycles. The summed E-state index contributed by atoms with van der Waals surface area (Å²) in [5.74, 6) is -1.54. The summed E-state index contributed by atoms with van der Waals surface area (Å²) in [6, 6.07) is 5.37. The molecule has 0 saturated carbocycles. The number of carbonyl (C=O) groups is 2. The summed E-state index contributed by atoms with van der Waals surface area (Å²) in [6.07, 6.45) is 1.40. The summed E-state index contributed by atoms with van der Waals surface area (Å²) in [4.78, 5) is 28.1. The van der Waals surface area contributed by atoms with Crippen LogP contribution in [-0.4, -0.2) is 43.0 Å². The van der Waals surface area contributed by atoms with Crippen LogP contribution in [0.4, 0.5) is 10.3 Å². The fraction of sp³-hybridized carbons (Fsp3) is 0.235. The summed E-state index contributed by atoms with van der Waals surface area (Å²) in [5, 5.41) is 10.9. The van der Waals surface area contributed by atoms with Crippen molar-refractivity contribution in [3.63, 3.8) is 0 Å². The second-order valence-electron chi connectivity index (χ2n) is 5.71. The number of carbonyl (C=O) groups excluding carboxylic acids is 2. The van der Waals surface area contributed by atoms with Crippen molar-refractivity contribution in [2.24, 2.45) is 7.05 Å². The molecule has 0 aliphatic carbocycles. The highest BCUT2D eigenvalue weighted by Crippen LogP contribution is 2.18. The van der Waals surface area contributed by atoms with Crippen LogP contribution in [0.25, 0.3) is 0 Å². The van der Waals surface area contributed by atoms with E-state index >= 15 is 0 Å². The van der Waals surface area contributed by atoms with Gasteiger partial charge in [0, 0.05) is 18.1 Å². The fourth-order valence-electron chi connectivity index (χ4n) is 2.39. The van der Waals surface area contributed by atoms with Crippen molar-refractivity contribution in [2.75, 3.05) is 11.9 Å². The Morgan fingerprint density at radius 2 is 2.07 bits per heavy atom. The van der Waals surface area contributed by atoms with Crippen molar-refractivity contribution in [3.05, 3.63) is 58.4 Å². The number of aryl methyl sites for hydroxylation is 1. The molecule has 9 nitrogen and oxygen atoms in total. The minimum absolute atomic E-state index is 0.0171. The molecule has 0 bridgehead atoms. The number of esters is 1. The Morgan fingerprint density at radius 3 is 2.79 bits per heavy atom. The molecule has 0 unspecified atom stereocenters. The Hall–Kier alpha value is -3.27. The highest BCUT2D eigenvalue weighted by molar-refractivity contribution is 6.31. The predicted octanol–water partition coefficient (Wildman–Crippen LogP) is 2.28. The van der Waals surface area contributed by atoms with E-state index in [4.69, 9.17) is 16.3 Å². The number of nitrogens with one attached hydrogen (secondary N) is 1. The highest BCUT2D eigenvalue weighted by Gasteiger charge is 2.19. The molecule has 0 fully saturated rings. The maximum atomic E-state index is 13.1. The Kier molecular flexibility index (Phi) is 5.69. The number of halogens is 2. The van der Waals surface area contributed by atoms with Gasteiger partial charge >= 0.3 is 5.97 Å². The average Bonchev–Trinajstić information content (AvgIpc) is 3.24. The molecular weight excluding hydrogens is 391 g/mol. The van der Waals surface area contributed by atoms with Crippen molar-refractivity contribution in [2.45, 2.75) is 13.5 Å². The molecule has 1 aromatic carbocycles. The lowest BCUT2D eigenvalue weighted by Gasteiger charge is -2.03. The topological polar surface area (TPSA) is 104 Å². The van der Waals surface area contributed by atoms with Crippen molar-refractivity contribution in [3.8, 4) is 0 Å². The van der Waals surface area contributed by atoms with Gasteiger partial charge in [-0.1, -0.05) is 17.7 Å². The van der Waals surface area contributed by atoms with Crippen molar-refractivity contribution in [1.82, 2.24) is 24.5 Å². The quantitative estimate of drug-likeness (QED) is 0.630. The number of benzene rings is 1. The average molecular weight is 407 g/mol. The van der Waals surface area contributed by atoms with Crippen LogP contribution in [0, 0.1) is 5.82 Å². The van der Waals surface area contributed by atoms with E-state index in [0.717, 1.165) is 0 Å². The van der Waals surface area contributed by atoms with E-state index in [2.05, 4.69) is 20.5 Å². The lowest BCUT2D eigenvalue weighted by molar-refractivity contribution is 0.0513. The molecule has 0 aliphatic heterocycles. The molecule has 1 amide bonds. The minimum atomic E-state index is -0.580. The number of aromatic nitrogens is 5. The molecule has 0 spiro atoms. The van der Waals surface area contributed by atoms with Gasteiger partial charge in [-0.2, -0.15) is 5.10 Å². The fourth-order valence-corrected chi connectivity index (χ4v) is 2.62. The van der Waals surface area contributed by atoms with Gasteiger partial charge in [-0.15, -0.1) is 5.10 Å². The van der Waals surface area contributed by atoms with Crippen LogP contribution < -0.4 is 5.32 Å². The van der Waals surface area contributed by atoms with Crippen molar-refractivity contribution in [1.29, 1.82) is 0 Å². The number of hydrogen-bond donors (Lipinski definition) is 1. The van der Waals surface area contributed by atoms with Crippen LogP contribution in [0.2, 0.25) is 5.02 Å². The summed E-state index contributed by atoms with van der Waals surface area (Å²) < 4.78 is 20.7. The summed E-state index contributed by atoms with van der Waals surface area (Å²) in [6.45, 7) is 2.15. The zero-order valence-corrected chi connectivity index (χ0v) is 15.8. The molecule has 11 heteroatoms. The van der Waals surface area contributed by atoms with Crippen LogP contribution in [0.3, 0.4) is 0 Å². The molecule has 1 N–H and O–H groups in total. The number of hydrogen-bond acceptors (Lipinski definition) is 6. The summed E-state index contributed by atoms with van der Waals surface area (Å²) in [7, 11) is 1.53. The molecule has 2 aromatic heterocycles. The minimum Gasteiger partial charge on any atom is -0.461 e. The van der Waals surface area contributed by atoms with Crippen LogP contribution in [0.5, 0.6) is 0 Å². The molecular formula is C17H16ClFN6O3. The van der Waals surface area contributed by atoms with Gasteiger partial charge in [0.2, 0.25) is 5.95 Å². The lowest BCUT2D eigenvalue weighted by Crippen LogP contribution is -2.14. The normalized spacial score (nSPS) is 10.7. The van der Waals surface area contributed by atoms with Gasteiger partial charge in [-0.25, -0.2) is 18.9 Å². The first kappa shape index (κ1) is 19.5. The maximum Gasteiger partial charge on any atom is 0.356 e. The molecule has 28 heavy (non-hydrogen) atoms.